The van der Waals surface area contributed by atoms with Crippen LogP contribution in [-0.2, 0) is 10.0 Å². The molecule has 2 aromatic rings. The number of carbonyl (C=O) groups excluding carboxylic acids is 1. The average molecular weight is 338 g/mol. The fourth-order valence-electron chi connectivity index (χ4n) is 2.05. The van der Waals surface area contributed by atoms with E-state index >= 15 is 0 Å². The van der Waals surface area contributed by atoms with Gasteiger partial charge in [-0.3, -0.25) is 4.79 Å². The largest absolute Gasteiger partial charge is 0.321 e. The number of nitrogens with zero attached hydrogens (tertiary/aromatic N) is 1. The normalized spacial score (nSPS) is 11.6. The van der Waals surface area contributed by atoms with Crippen molar-refractivity contribution >= 4 is 33.0 Å². The van der Waals surface area contributed by atoms with Crippen LogP contribution in [0.2, 0.25) is 0 Å². The van der Waals surface area contributed by atoms with E-state index in [1.54, 1.807) is 38.1 Å². The molecule has 5 nitrogen and oxygen atoms in total. The molecule has 0 aliphatic rings. The average Bonchev–Trinajstić information content (AvgIpc) is 3.03. The fourth-order valence-corrected chi connectivity index (χ4v) is 4.17. The van der Waals surface area contributed by atoms with Gasteiger partial charge in [0.15, 0.2) is 0 Å². The molecular weight excluding hydrogens is 320 g/mol. The Bertz CT molecular complexity index is 736. The zero-order chi connectivity index (χ0) is 16.2. The summed E-state index contributed by atoms with van der Waals surface area (Å²) in [6.45, 7) is 4.40. The molecule has 0 unspecified atom stereocenters. The minimum absolute atomic E-state index is 0.181. The van der Waals surface area contributed by atoms with Crippen molar-refractivity contribution in [3.8, 4) is 0 Å². The van der Waals surface area contributed by atoms with Gasteiger partial charge in [0.05, 0.1) is 9.77 Å². The number of hydrogen-bond donors (Lipinski definition) is 1. The van der Waals surface area contributed by atoms with E-state index in [1.165, 1.54) is 27.8 Å². The van der Waals surface area contributed by atoms with Crippen LogP contribution in [0.25, 0.3) is 0 Å². The number of amides is 1. The summed E-state index contributed by atoms with van der Waals surface area (Å²) in [5, 5.41) is 4.54. The molecule has 22 heavy (non-hydrogen) atoms. The van der Waals surface area contributed by atoms with E-state index in [1.807, 2.05) is 5.38 Å². The Kier molecular flexibility index (Phi) is 5.33. The van der Waals surface area contributed by atoms with Gasteiger partial charge in [-0.2, -0.15) is 4.31 Å². The van der Waals surface area contributed by atoms with E-state index in [2.05, 4.69) is 5.32 Å². The lowest BCUT2D eigenvalue weighted by Crippen LogP contribution is -2.30. The van der Waals surface area contributed by atoms with Gasteiger partial charge >= 0.3 is 0 Å². The van der Waals surface area contributed by atoms with E-state index < -0.39 is 10.0 Å². The number of benzene rings is 1. The Hall–Kier alpha value is -1.70. The molecular formula is C15H18N2O3S2. The molecule has 0 saturated heterocycles. The molecule has 0 fully saturated rings. The Labute approximate surface area is 134 Å². The van der Waals surface area contributed by atoms with Crippen LogP contribution in [0.4, 0.5) is 5.69 Å². The van der Waals surface area contributed by atoms with Crippen LogP contribution in [0.15, 0.2) is 46.7 Å². The lowest BCUT2D eigenvalue weighted by Gasteiger charge is -2.18. The highest BCUT2D eigenvalue weighted by Crippen LogP contribution is 2.20. The first-order chi connectivity index (χ1) is 10.5. The molecule has 7 heteroatoms. The summed E-state index contributed by atoms with van der Waals surface area (Å²) in [6, 6.07) is 9.83. The van der Waals surface area contributed by atoms with Gasteiger partial charge in [-0.25, -0.2) is 8.42 Å². The predicted octanol–water partition coefficient (Wildman–Crippen LogP) is 3.03. The topological polar surface area (TPSA) is 66.5 Å². The number of sulfonamides is 1. The number of hydrogen-bond acceptors (Lipinski definition) is 4. The summed E-state index contributed by atoms with van der Waals surface area (Å²) >= 11 is 1.33. The zero-order valence-electron chi connectivity index (χ0n) is 12.4. The maximum absolute atomic E-state index is 12.5. The molecule has 118 valence electrons. The standard InChI is InChI=1S/C15H18N2O3S2/c1-3-17(4-2)22(19,20)13-8-5-7-12(11-13)16-15(18)14-9-6-10-21-14/h5-11H,3-4H2,1-2H3,(H,16,18). The summed E-state index contributed by atoms with van der Waals surface area (Å²) in [5.74, 6) is -0.243. The van der Waals surface area contributed by atoms with E-state index in [-0.39, 0.29) is 10.8 Å². The number of thiophene rings is 1. The van der Waals surface area contributed by atoms with Gasteiger partial charge in [0.2, 0.25) is 10.0 Å². The van der Waals surface area contributed by atoms with Gasteiger partial charge in [-0.05, 0) is 29.6 Å². The van der Waals surface area contributed by atoms with Crippen LogP contribution >= 0.6 is 11.3 Å². The third kappa shape index (κ3) is 3.55. The molecule has 1 N–H and O–H groups in total. The smallest absolute Gasteiger partial charge is 0.265 e. The third-order valence-corrected chi connectivity index (χ3v) is 6.09. The highest BCUT2D eigenvalue weighted by Gasteiger charge is 2.21. The molecule has 0 bridgehead atoms. The first kappa shape index (κ1) is 16.7. The summed E-state index contributed by atoms with van der Waals surface area (Å²) in [7, 11) is -3.53. The second-order valence-electron chi connectivity index (χ2n) is 4.55. The summed E-state index contributed by atoms with van der Waals surface area (Å²) in [5.41, 5.74) is 0.464. The van der Waals surface area contributed by atoms with E-state index in [4.69, 9.17) is 0 Å². The number of nitrogens with one attached hydrogen (secondary N) is 1. The maximum atomic E-state index is 12.5. The second-order valence-corrected chi connectivity index (χ2v) is 7.43. The molecule has 0 saturated carbocycles. The molecule has 0 spiro atoms. The van der Waals surface area contributed by atoms with Crippen molar-refractivity contribution in [3.63, 3.8) is 0 Å². The molecule has 2 rings (SSSR count). The van der Waals surface area contributed by atoms with E-state index in [0.717, 1.165) is 0 Å². The van der Waals surface area contributed by atoms with Gasteiger partial charge in [0.1, 0.15) is 0 Å². The molecule has 0 radical (unpaired) electrons. The predicted molar refractivity (Wildman–Crippen MR) is 88.8 cm³/mol. The van der Waals surface area contributed by atoms with Crippen molar-refractivity contribution in [2.24, 2.45) is 0 Å². The molecule has 1 aromatic carbocycles. The zero-order valence-corrected chi connectivity index (χ0v) is 14.1. The van der Waals surface area contributed by atoms with E-state index in [0.29, 0.717) is 23.7 Å². The van der Waals surface area contributed by atoms with Crippen LogP contribution in [-0.4, -0.2) is 31.7 Å². The van der Waals surface area contributed by atoms with Crippen molar-refractivity contribution in [2.75, 3.05) is 18.4 Å². The van der Waals surface area contributed by atoms with Crippen LogP contribution in [0.5, 0.6) is 0 Å². The number of rotatable bonds is 6. The minimum atomic E-state index is -3.53. The number of anilines is 1. The van der Waals surface area contributed by atoms with Crippen molar-refractivity contribution in [3.05, 3.63) is 46.7 Å². The van der Waals surface area contributed by atoms with Crippen molar-refractivity contribution in [2.45, 2.75) is 18.7 Å². The molecule has 1 amide bonds. The van der Waals surface area contributed by atoms with Gasteiger partial charge in [-0.15, -0.1) is 11.3 Å². The fraction of sp³-hybridized carbons (Fsp3) is 0.267. The van der Waals surface area contributed by atoms with Crippen molar-refractivity contribution < 1.29 is 13.2 Å². The third-order valence-electron chi connectivity index (χ3n) is 3.18. The Morgan fingerprint density at radius 2 is 1.91 bits per heavy atom. The second kappa shape index (κ2) is 7.04. The highest BCUT2D eigenvalue weighted by molar-refractivity contribution is 7.89. The van der Waals surface area contributed by atoms with Crippen LogP contribution in [0, 0.1) is 0 Å². The van der Waals surface area contributed by atoms with Gasteiger partial charge < -0.3 is 5.32 Å². The van der Waals surface area contributed by atoms with Crippen molar-refractivity contribution in [1.82, 2.24) is 4.31 Å². The first-order valence-electron chi connectivity index (χ1n) is 6.94. The summed E-state index contributed by atoms with van der Waals surface area (Å²) < 4.78 is 26.3. The summed E-state index contributed by atoms with van der Waals surface area (Å²) in [6.07, 6.45) is 0. The SMILES string of the molecule is CCN(CC)S(=O)(=O)c1cccc(NC(=O)c2cccs2)c1. The van der Waals surface area contributed by atoms with Crippen LogP contribution in [0.3, 0.4) is 0 Å². The molecule has 0 aliphatic heterocycles. The van der Waals surface area contributed by atoms with Crippen LogP contribution < -0.4 is 5.32 Å². The Morgan fingerprint density at radius 1 is 1.18 bits per heavy atom. The van der Waals surface area contributed by atoms with Crippen molar-refractivity contribution in [1.29, 1.82) is 0 Å². The van der Waals surface area contributed by atoms with Crippen LogP contribution in [0.1, 0.15) is 23.5 Å². The molecule has 1 aromatic heterocycles. The van der Waals surface area contributed by atoms with Gasteiger partial charge in [0.25, 0.3) is 5.91 Å². The van der Waals surface area contributed by atoms with Gasteiger partial charge in [-0.1, -0.05) is 26.0 Å². The highest BCUT2D eigenvalue weighted by atomic mass is 32.2. The minimum Gasteiger partial charge on any atom is -0.321 e. The maximum Gasteiger partial charge on any atom is 0.265 e. The van der Waals surface area contributed by atoms with Gasteiger partial charge in [0, 0.05) is 18.8 Å². The Morgan fingerprint density at radius 3 is 2.50 bits per heavy atom. The molecule has 0 atom stereocenters. The molecule has 0 aliphatic carbocycles. The molecule has 1 heterocycles. The summed E-state index contributed by atoms with van der Waals surface area (Å²) in [4.78, 5) is 12.8. The first-order valence-corrected chi connectivity index (χ1v) is 9.26. The lowest BCUT2D eigenvalue weighted by atomic mass is 10.3. The van der Waals surface area contributed by atoms with E-state index in [9.17, 15) is 13.2 Å². The quantitative estimate of drug-likeness (QED) is 0.880. The number of carbonyl (C=O) groups is 1. The monoisotopic (exact) mass is 338 g/mol. The lowest BCUT2D eigenvalue weighted by molar-refractivity contribution is 0.103. The Balaban J connectivity index is 2.25.